The largest absolute Gasteiger partial charge is 0.488 e. The topological polar surface area (TPSA) is 116 Å². The SMILES string of the molecule is Cc1ccc(S(=O)(=O)N(C)C[C@H]2Oc3ccc(NC(=O)CCC(F)(F)F)cc3CC(=O)N([C@H](C)CO)C[C@@H]2C)cc1. The molecule has 2 aromatic rings. The maximum atomic E-state index is 13.3. The van der Waals surface area contributed by atoms with Crippen molar-refractivity contribution >= 4 is 27.5 Å². The first-order chi connectivity index (χ1) is 19.1. The lowest BCUT2D eigenvalue weighted by Gasteiger charge is -2.33. The van der Waals surface area contributed by atoms with Crippen LogP contribution in [0.3, 0.4) is 0 Å². The van der Waals surface area contributed by atoms with Crippen molar-refractivity contribution < 1.29 is 41.0 Å². The summed E-state index contributed by atoms with van der Waals surface area (Å²) in [6.45, 7) is 5.19. The number of rotatable bonds is 9. The number of carbonyl (C=O) groups excluding carboxylic acids is 2. The quantitative estimate of drug-likeness (QED) is 0.454. The van der Waals surface area contributed by atoms with Gasteiger partial charge in [0.1, 0.15) is 11.9 Å². The monoisotopic (exact) mass is 599 g/mol. The minimum Gasteiger partial charge on any atom is -0.488 e. The minimum atomic E-state index is -4.47. The number of carbonyl (C=O) groups is 2. The number of halogens is 3. The van der Waals surface area contributed by atoms with E-state index in [4.69, 9.17) is 4.74 Å². The normalized spacial score (nSPS) is 19.0. The third-order valence-corrected chi connectivity index (χ3v) is 8.84. The van der Waals surface area contributed by atoms with Crippen molar-refractivity contribution in [1.29, 1.82) is 0 Å². The lowest BCUT2D eigenvalue weighted by atomic mass is 10.0. The molecule has 9 nitrogen and oxygen atoms in total. The summed E-state index contributed by atoms with van der Waals surface area (Å²) >= 11 is 0. The zero-order valence-electron chi connectivity index (χ0n) is 23.4. The molecule has 2 N–H and O–H groups in total. The summed E-state index contributed by atoms with van der Waals surface area (Å²) in [6, 6.07) is 10.3. The van der Waals surface area contributed by atoms with E-state index in [1.54, 1.807) is 19.1 Å². The lowest BCUT2D eigenvalue weighted by molar-refractivity contribution is -0.142. The summed E-state index contributed by atoms with van der Waals surface area (Å²) in [4.78, 5) is 27.0. The van der Waals surface area contributed by atoms with Gasteiger partial charge in [0.05, 0.1) is 36.9 Å². The van der Waals surface area contributed by atoms with Crippen LogP contribution >= 0.6 is 0 Å². The number of anilines is 1. The van der Waals surface area contributed by atoms with E-state index in [9.17, 15) is 36.3 Å². The molecule has 1 aliphatic rings. The van der Waals surface area contributed by atoms with E-state index in [2.05, 4.69) is 5.32 Å². The van der Waals surface area contributed by atoms with E-state index >= 15 is 0 Å². The molecule has 1 heterocycles. The molecule has 1 aliphatic heterocycles. The Labute approximate surface area is 238 Å². The van der Waals surface area contributed by atoms with Gasteiger partial charge in [-0.3, -0.25) is 9.59 Å². The molecular weight excluding hydrogens is 563 g/mol. The Bertz CT molecular complexity index is 1330. The number of hydrogen-bond acceptors (Lipinski definition) is 6. The van der Waals surface area contributed by atoms with Gasteiger partial charge < -0.3 is 20.1 Å². The predicted molar refractivity (Wildman–Crippen MR) is 147 cm³/mol. The second-order valence-electron chi connectivity index (χ2n) is 10.5. The van der Waals surface area contributed by atoms with Crippen molar-refractivity contribution in [2.45, 2.75) is 63.3 Å². The fraction of sp³-hybridized carbons (Fsp3) is 0.500. The molecule has 0 unspecified atom stereocenters. The van der Waals surface area contributed by atoms with E-state index in [-0.39, 0.29) is 54.3 Å². The number of sulfonamides is 1. The number of aliphatic hydroxyl groups is 1. The second-order valence-corrected chi connectivity index (χ2v) is 12.5. The Kier molecular flexibility index (Phi) is 10.4. The number of likely N-dealkylation sites (N-methyl/N-ethyl adjacent to an activating group) is 1. The first-order valence-corrected chi connectivity index (χ1v) is 14.6. The van der Waals surface area contributed by atoms with Crippen molar-refractivity contribution in [2.24, 2.45) is 5.92 Å². The van der Waals surface area contributed by atoms with E-state index in [1.165, 1.54) is 46.6 Å². The van der Waals surface area contributed by atoms with Crippen molar-refractivity contribution in [2.75, 3.05) is 32.1 Å². The highest BCUT2D eigenvalue weighted by Crippen LogP contribution is 2.30. The van der Waals surface area contributed by atoms with E-state index in [1.807, 2.05) is 13.8 Å². The third kappa shape index (κ3) is 8.66. The van der Waals surface area contributed by atoms with Gasteiger partial charge in [-0.25, -0.2) is 8.42 Å². The molecule has 3 atom stereocenters. The van der Waals surface area contributed by atoms with Gasteiger partial charge in [-0.1, -0.05) is 24.6 Å². The molecule has 2 aromatic carbocycles. The van der Waals surface area contributed by atoms with Gasteiger partial charge in [0.2, 0.25) is 21.8 Å². The van der Waals surface area contributed by atoms with E-state index in [0.29, 0.717) is 5.56 Å². The fourth-order valence-electron chi connectivity index (χ4n) is 4.45. The van der Waals surface area contributed by atoms with Crippen LogP contribution < -0.4 is 10.1 Å². The van der Waals surface area contributed by atoms with Crippen LogP contribution in [-0.4, -0.2) is 79.6 Å². The molecule has 0 spiro atoms. The Balaban J connectivity index is 1.92. The number of benzene rings is 2. The Morgan fingerprint density at radius 3 is 2.49 bits per heavy atom. The third-order valence-electron chi connectivity index (χ3n) is 7.00. The number of alkyl halides is 3. The van der Waals surface area contributed by atoms with Crippen molar-refractivity contribution in [3.8, 4) is 5.75 Å². The van der Waals surface area contributed by atoms with Crippen LogP contribution in [0.15, 0.2) is 47.4 Å². The second kappa shape index (κ2) is 13.2. The van der Waals surface area contributed by atoms with Crippen LogP contribution in [0.25, 0.3) is 0 Å². The molecule has 0 saturated carbocycles. The van der Waals surface area contributed by atoms with Crippen LogP contribution in [0.2, 0.25) is 0 Å². The molecular formula is C28H36F3N3O6S. The maximum absolute atomic E-state index is 13.3. The van der Waals surface area contributed by atoms with Crippen molar-refractivity contribution in [1.82, 2.24) is 9.21 Å². The van der Waals surface area contributed by atoms with E-state index in [0.717, 1.165) is 5.56 Å². The Hall–Kier alpha value is -3.16. The standard InChI is InChI=1S/C28H36F3N3O6S/c1-18-5-8-23(9-6-18)41(38,39)33(4)16-25-19(2)15-34(20(3)17-35)27(37)14-21-13-22(7-10-24(21)40-25)32-26(36)11-12-28(29,30)31/h5-10,13,19-20,25,35H,11-12,14-17H2,1-4H3,(H,32,36)/t19-,20+,25+/m0/s1. The molecule has 0 aliphatic carbocycles. The summed E-state index contributed by atoms with van der Waals surface area (Å²) in [5.74, 6) is -1.24. The average Bonchev–Trinajstić information content (AvgIpc) is 2.94. The van der Waals surface area contributed by atoms with Crippen LogP contribution in [-0.2, 0) is 26.0 Å². The number of fused-ring (bicyclic) bond motifs is 1. The highest BCUT2D eigenvalue weighted by molar-refractivity contribution is 7.89. The number of amides is 2. The fourth-order valence-corrected chi connectivity index (χ4v) is 5.63. The number of aliphatic hydroxyl groups excluding tert-OH is 1. The molecule has 2 amide bonds. The van der Waals surface area contributed by atoms with Gasteiger partial charge in [0.25, 0.3) is 0 Å². The summed E-state index contributed by atoms with van der Waals surface area (Å²) < 4.78 is 71.6. The number of nitrogens with zero attached hydrogens (tertiary/aromatic N) is 2. The Morgan fingerprint density at radius 2 is 1.88 bits per heavy atom. The highest BCUT2D eigenvalue weighted by Gasteiger charge is 2.34. The predicted octanol–water partition coefficient (Wildman–Crippen LogP) is 3.75. The smallest absolute Gasteiger partial charge is 0.389 e. The number of hydrogen-bond donors (Lipinski definition) is 2. The first-order valence-electron chi connectivity index (χ1n) is 13.2. The molecule has 0 fully saturated rings. The molecule has 0 radical (unpaired) electrons. The van der Waals surface area contributed by atoms with Crippen LogP contribution in [0.5, 0.6) is 5.75 Å². The highest BCUT2D eigenvalue weighted by atomic mass is 32.2. The van der Waals surface area contributed by atoms with Gasteiger partial charge in [-0.15, -0.1) is 0 Å². The van der Waals surface area contributed by atoms with Crippen molar-refractivity contribution in [3.63, 3.8) is 0 Å². The first kappa shape index (κ1) is 32.4. The van der Waals surface area contributed by atoms with Crippen LogP contribution in [0, 0.1) is 12.8 Å². The van der Waals surface area contributed by atoms with Gasteiger partial charge >= 0.3 is 6.18 Å². The van der Waals surface area contributed by atoms with Gasteiger partial charge in [0.15, 0.2) is 0 Å². The average molecular weight is 600 g/mol. The number of nitrogens with one attached hydrogen (secondary N) is 1. The molecule has 3 rings (SSSR count). The van der Waals surface area contributed by atoms with Gasteiger partial charge in [0, 0.05) is 37.2 Å². The summed E-state index contributed by atoms with van der Waals surface area (Å²) in [7, 11) is -2.42. The molecule has 0 aromatic heterocycles. The summed E-state index contributed by atoms with van der Waals surface area (Å²) in [5.41, 5.74) is 1.47. The molecule has 13 heteroatoms. The van der Waals surface area contributed by atoms with Crippen molar-refractivity contribution in [3.05, 3.63) is 53.6 Å². The summed E-state index contributed by atoms with van der Waals surface area (Å²) in [6.07, 6.45) is -7.37. The van der Waals surface area contributed by atoms with Crippen LogP contribution in [0.1, 0.15) is 37.8 Å². The van der Waals surface area contributed by atoms with Gasteiger partial charge in [-0.05, 0) is 44.2 Å². The number of ether oxygens (including phenoxy) is 1. The zero-order valence-corrected chi connectivity index (χ0v) is 24.3. The summed E-state index contributed by atoms with van der Waals surface area (Å²) in [5, 5.41) is 12.2. The van der Waals surface area contributed by atoms with E-state index < -0.39 is 47.1 Å². The maximum Gasteiger partial charge on any atom is 0.389 e. The minimum absolute atomic E-state index is 0.0533. The lowest BCUT2D eigenvalue weighted by Crippen LogP contribution is -2.48. The molecule has 0 bridgehead atoms. The zero-order chi connectivity index (χ0) is 30.5. The van der Waals surface area contributed by atoms with Gasteiger partial charge in [-0.2, -0.15) is 17.5 Å². The Morgan fingerprint density at radius 1 is 1.22 bits per heavy atom. The molecule has 41 heavy (non-hydrogen) atoms. The molecule has 226 valence electrons. The van der Waals surface area contributed by atoms with Crippen LogP contribution in [0.4, 0.5) is 18.9 Å². The molecule has 0 saturated heterocycles. The number of aryl methyl sites for hydroxylation is 1.